The van der Waals surface area contributed by atoms with Gasteiger partial charge < -0.3 is 15.6 Å². The summed E-state index contributed by atoms with van der Waals surface area (Å²) >= 11 is 0. The number of aromatic nitrogens is 2. The van der Waals surface area contributed by atoms with Crippen LogP contribution < -0.4 is 21.5 Å². The maximum Gasteiger partial charge on any atom is 0.145 e. The van der Waals surface area contributed by atoms with E-state index in [0.717, 1.165) is 29.4 Å². The highest BCUT2D eigenvalue weighted by molar-refractivity contribution is 5.64. The molecule has 106 valence electrons. The zero-order chi connectivity index (χ0) is 14.5. The smallest absolute Gasteiger partial charge is 0.145 e. The van der Waals surface area contributed by atoms with Gasteiger partial charge >= 0.3 is 0 Å². The molecule has 0 aliphatic rings. The number of hydrogen-bond acceptors (Lipinski definition) is 6. The fraction of sp³-hybridized carbons (Fsp3) is 0.286. The molecule has 1 aromatic carbocycles. The van der Waals surface area contributed by atoms with E-state index in [-0.39, 0.29) is 0 Å². The molecule has 0 aliphatic heterocycles. The summed E-state index contributed by atoms with van der Waals surface area (Å²) in [6.07, 6.45) is 0.752. The Bertz CT molecular complexity index is 559. The molecule has 4 N–H and O–H groups in total. The average Bonchev–Trinajstić information content (AvgIpc) is 2.47. The first-order valence-corrected chi connectivity index (χ1v) is 6.51. The minimum Gasteiger partial charge on any atom is -0.378 e. The Kier molecular flexibility index (Phi) is 4.37. The van der Waals surface area contributed by atoms with Crippen LogP contribution in [0.15, 0.2) is 30.3 Å². The maximum absolute atomic E-state index is 5.42. The van der Waals surface area contributed by atoms with Gasteiger partial charge in [-0.3, -0.25) is 0 Å². The minimum atomic E-state index is 0.600. The minimum absolute atomic E-state index is 0.600. The number of aryl methyl sites for hydroxylation is 1. The second-order valence-corrected chi connectivity index (χ2v) is 4.62. The van der Waals surface area contributed by atoms with Gasteiger partial charge in [0.25, 0.3) is 0 Å². The van der Waals surface area contributed by atoms with Crippen molar-refractivity contribution < 1.29 is 0 Å². The standard InChI is InChI=1S/C14H20N6/c1-4-12-17-13(9-14(18-12)19-15)16-10-6-5-7-11(8-10)20(2)3/h5-9H,4,15H2,1-3H3,(H2,16,17,18,19). The van der Waals surface area contributed by atoms with Crippen molar-refractivity contribution in [2.75, 3.05) is 29.7 Å². The molecule has 0 saturated carbocycles. The highest BCUT2D eigenvalue weighted by atomic mass is 15.3. The van der Waals surface area contributed by atoms with E-state index < -0.39 is 0 Å². The Labute approximate surface area is 119 Å². The van der Waals surface area contributed by atoms with E-state index in [1.54, 1.807) is 6.07 Å². The lowest BCUT2D eigenvalue weighted by molar-refractivity contribution is 0.941. The summed E-state index contributed by atoms with van der Waals surface area (Å²) in [5.74, 6) is 7.49. The summed E-state index contributed by atoms with van der Waals surface area (Å²) in [4.78, 5) is 10.8. The molecule has 2 aromatic rings. The Morgan fingerprint density at radius 3 is 2.55 bits per heavy atom. The van der Waals surface area contributed by atoms with Crippen LogP contribution in [0.4, 0.5) is 23.0 Å². The normalized spacial score (nSPS) is 10.2. The van der Waals surface area contributed by atoms with Gasteiger partial charge in [-0.1, -0.05) is 13.0 Å². The van der Waals surface area contributed by atoms with Gasteiger partial charge in [-0.25, -0.2) is 15.8 Å². The van der Waals surface area contributed by atoms with Crippen LogP contribution >= 0.6 is 0 Å². The first-order valence-electron chi connectivity index (χ1n) is 6.51. The molecule has 0 saturated heterocycles. The van der Waals surface area contributed by atoms with Crippen molar-refractivity contribution in [2.45, 2.75) is 13.3 Å². The van der Waals surface area contributed by atoms with E-state index in [1.165, 1.54) is 0 Å². The lowest BCUT2D eigenvalue weighted by atomic mass is 10.2. The monoisotopic (exact) mass is 272 g/mol. The summed E-state index contributed by atoms with van der Waals surface area (Å²) in [5.41, 5.74) is 4.65. The quantitative estimate of drug-likeness (QED) is 0.571. The third-order valence-corrected chi connectivity index (χ3v) is 2.87. The van der Waals surface area contributed by atoms with Crippen LogP contribution in [0.3, 0.4) is 0 Å². The molecule has 0 atom stereocenters. The summed E-state index contributed by atoms with van der Waals surface area (Å²) in [7, 11) is 4.02. The molecule has 1 heterocycles. The van der Waals surface area contributed by atoms with Crippen molar-refractivity contribution in [3.05, 3.63) is 36.2 Å². The lowest BCUT2D eigenvalue weighted by Gasteiger charge is -2.14. The molecular weight excluding hydrogens is 252 g/mol. The molecule has 0 spiro atoms. The molecule has 0 fully saturated rings. The van der Waals surface area contributed by atoms with E-state index in [4.69, 9.17) is 5.84 Å². The fourth-order valence-corrected chi connectivity index (χ4v) is 1.80. The van der Waals surface area contributed by atoms with E-state index in [1.807, 2.05) is 33.2 Å². The molecule has 0 radical (unpaired) electrons. The van der Waals surface area contributed by atoms with E-state index in [2.05, 4.69) is 37.7 Å². The number of nitrogens with one attached hydrogen (secondary N) is 2. The topological polar surface area (TPSA) is 79.1 Å². The molecule has 1 aromatic heterocycles. The molecule has 0 aliphatic carbocycles. The maximum atomic E-state index is 5.42. The van der Waals surface area contributed by atoms with Gasteiger partial charge in [0.2, 0.25) is 0 Å². The van der Waals surface area contributed by atoms with Crippen LogP contribution in [0.2, 0.25) is 0 Å². The van der Waals surface area contributed by atoms with Gasteiger partial charge in [0.05, 0.1) is 0 Å². The molecular formula is C14H20N6. The van der Waals surface area contributed by atoms with E-state index >= 15 is 0 Å². The number of hydrazine groups is 1. The van der Waals surface area contributed by atoms with Crippen molar-refractivity contribution in [3.8, 4) is 0 Å². The van der Waals surface area contributed by atoms with Crippen LogP contribution in [0.5, 0.6) is 0 Å². The van der Waals surface area contributed by atoms with Gasteiger partial charge in [0, 0.05) is 38.0 Å². The van der Waals surface area contributed by atoms with Gasteiger partial charge in [-0.15, -0.1) is 0 Å². The SMILES string of the molecule is CCc1nc(NN)cc(Nc2cccc(N(C)C)c2)n1. The van der Waals surface area contributed by atoms with Crippen molar-refractivity contribution >= 4 is 23.0 Å². The van der Waals surface area contributed by atoms with E-state index in [0.29, 0.717) is 5.82 Å². The van der Waals surface area contributed by atoms with Gasteiger partial charge in [-0.2, -0.15) is 0 Å². The number of rotatable bonds is 5. The molecule has 0 amide bonds. The zero-order valence-corrected chi connectivity index (χ0v) is 12.0. The van der Waals surface area contributed by atoms with Crippen LogP contribution in [0.25, 0.3) is 0 Å². The third-order valence-electron chi connectivity index (χ3n) is 2.87. The first-order chi connectivity index (χ1) is 9.62. The Morgan fingerprint density at radius 1 is 1.15 bits per heavy atom. The van der Waals surface area contributed by atoms with Crippen molar-refractivity contribution in [2.24, 2.45) is 5.84 Å². The van der Waals surface area contributed by atoms with Crippen molar-refractivity contribution in [1.82, 2.24) is 9.97 Å². The predicted octanol–water partition coefficient (Wildman–Crippen LogP) is 2.13. The van der Waals surface area contributed by atoms with Crippen molar-refractivity contribution in [3.63, 3.8) is 0 Å². The Hall–Kier alpha value is -2.34. The highest BCUT2D eigenvalue weighted by Crippen LogP contribution is 2.21. The van der Waals surface area contributed by atoms with Crippen LogP contribution in [-0.4, -0.2) is 24.1 Å². The van der Waals surface area contributed by atoms with E-state index in [9.17, 15) is 0 Å². The number of nitrogens with zero attached hydrogens (tertiary/aromatic N) is 3. The van der Waals surface area contributed by atoms with Crippen LogP contribution in [-0.2, 0) is 6.42 Å². The number of anilines is 4. The molecule has 0 bridgehead atoms. The number of nitrogens with two attached hydrogens (primary N) is 1. The number of benzene rings is 1. The fourth-order valence-electron chi connectivity index (χ4n) is 1.80. The second kappa shape index (κ2) is 6.21. The molecule has 2 rings (SSSR count). The number of nitrogen functional groups attached to an aromatic ring is 1. The summed E-state index contributed by atoms with van der Waals surface area (Å²) in [6, 6.07) is 9.89. The van der Waals surface area contributed by atoms with Crippen molar-refractivity contribution in [1.29, 1.82) is 0 Å². The molecule has 0 unspecified atom stereocenters. The summed E-state index contributed by atoms with van der Waals surface area (Å²) in [6.45, 7) is 2.01. The average molecular weight is 272 g/mol. The largest absolute Gasteiger partial charge is 0.378 e. The Morgan fingerprint density at radius 2 is 1.90 bits per heavy atom. The molecule has 6 nitrogen and oxygen atoms in total. The Balaban J connectivity index is 2.27. The number of hydrogen-bond donors (Lipinski definition) is 3. The second-order valence-electron chi connectivity index (χ2n) is 4.62. The predicted molar refractivity (Wildman–Crippen MR) is 83.3 cm³/mol. The summed E-state index contributed by atoms with van der Waals surface area (Å²) in [5, 5.41) is 3.28. The van der Waals surface area contributed by atoms with Gasteiger partial charge in [0.15, 0.2) is 0 Å². The first kappa shape index (κ1) is 14.1. The van der Waals surface area contributed by atoms with Crippen LogP contribution in [0.1, 0.15) is 12.7 Å². The lowest BCUT2D eigenvalue weighted by Crippen LogP contribution is -2.11. The van der Waals surface area contributed by atoms with Gasteiger partial charge in [-0.05, 0) is 18.2 Å². The molecule has 20 heavy (non-hydrogen) atoms. The van der Waals surface area contributed by atoms with Gasteiger partial charge in [0.1, 0.15) is 17.5 Å². The third kappa shape index (κ3) is 3.36. The molecule has 6 heteroatoms. The highest BCUT2D eigenvalue weighted by Gasteiger charge is 2.04. The zero-order valence-electron chi connectivity index (χ0n) is 12.0. The van der Waals surface area contributed by atoms with Crippen LogP contribution in [0, 0.1) is 0 Å². The summed E-state index contributed by atoms with van der Waals surface area (Å²) < 4.78 is 0.